The Morgan fingerprint density at radius 3 is 2.00 bits per heavy atom. The summed E-state index contributed by atoms with van der Waals surface area (Å²) in [7, 11) is 0. The first-order valence-electron chi connectivity index (χ1n) is 6.95. The summed E-state index contributed by atoms with van der Waals surface area (Å²) in [6.45, 7) is 0. The van der Waals surface area contributed by atoms with Gasteiger partial charge in [0.2, 0.25) is 0 Å². The largest absolute Gasteiger partial charge is 0.480 e. The summed E-state index contributed by atoms with van der Waals surface area (Å²) in [4.78, 5) is 23.7. The molecule has 1 aromatic rings. The molecular formula is C15H17F2NO3. The van der Waals surface area contributed by atoms with Crippen molar-refractivity contribution in [1.29, 1.82) is 0 Å². The maximum Gasteiger partial charge on any atom is 0.329 e. The van der Waals surface area contributed by atoms with Gasteiger partial charge in [-0.2, -0.15) is 0 Å². The molecule has 1 amide bonds. The van der Waals surface area contributed by atoms with Crippen LogP contribution in [-0.4, -0.2) is 22.5 Å². The van der Waals surface area contributed by atoms with E-state index in [0.29, 0.717) is 31.7 Å². The second-order valence-corrected chi connectivity index (χ2v) is 5.41. The van der Waals surface area contributed by atoms with Gasteiger partial charge < -0.3 is 10.4 Å². The molecular weight excluding hydrogens is 280 g/mol. The van der Waals surface area contributed by atoms with Crippen LogP contribution in [0.15, 0.2) is 18.2 Å². The summed E-state index contributed by atoms with van der Waals surface area (Å²) in [5.41, 5.74) is -1.56. The highest BCUT2D eigenvalue weighted by Gasteiger charge is 2.40. The number of halogens is 2. The minimum atomic E-state index is -1.35. The van der Waals surface area contributed by atoms with Crippen LogP contribution in [0, 0.1) is 11.6 Å². The maximum atomic E-state index is 13.1. The molecule has 0 unspecified atom stereocenters. The SMILES string of the molecule is O=C(NC1(C(=O)O)CCCCCC1)c1cc(F)cc(F)c1. The second kappa shape index (κ2) is 6.20. The average molecular weight is 297 g/mol. The molecule has 6 heteroatoms. The minimum absolute atomic E-state index is 0.211. The highest BCUT2D eigenvalue weighted by molar-refractivity contribution is 5.97. The molecule has 0 aromatic heterocycles. The standard InChI is InChI=1S/C15H17F2NO3/c16-11-7-10(8-12(17)9-11)13(19)18-15(14(20)21)5-3-1-2-4-6-15/h7-9H,1-6H2,(H,18,19)(H,20,21). The predicted octanol–water partition coefficient (Wildman–Crippen LogP) is 2.87. The molecule has 4 nitrogen and oxygen atoms in total. The highest BCUT2D eigenvalue weighted by Crippen LogP contribution is 2.28. The number of carbonyl (C=O) groups is 2. The molecule has 0 bridgehead atoms. The molecule has 114 valence electrons. The van der Waals surface area contributed by atoms with Crippen LogP contribution in [0.3, 0.4) is 0 Å². The number of rotatable bonds is 3. The van der Waals surface area contributed by atoms with Gasteiger partial charge in [0.15, 0.2) is 0 Å². The van der Waals surface area contributed by atoms with Crippen LogP contribution >= 0.6 is 0 Å². The van der Waals surface area contributed by atoms with E-state index in [2.05, 4.69) is 5.32 Å². The molecule has 21 heavy (non-hydrogen) atoms. The normalized spacial score (nSPS) is 17.8. The van der Waals surface area contributed by atoms with Gasteiger partial charge in [-0.05, 0) is 25.0 Å². The zero-order chi connectivity index (χ0) is 15.5. The third kappa shape index (κ3) is 3.56. The number of amides is 1. The Hall–Kier alpha value is -1.98. The summed E-state index contributed by atoms with van der Waals surface area (Å²) in [6.07, 6.45) is 3.88. The molecule has 1 aliphatic rings. The number of carboxylic acids is 1. The topological polar surface area (TPSA) is 66.4 Å². The van der Waals surface area contributed by atoms with Crippen LogP contribution in [0.4, 0.5) is 8.78 Å². The lowest BCUT2D eigenvalue weighted by Gasteiger charge is -2.29. The van der Waals surface area contributed by atoms with Crippen molar-refractivity contribution in [2.24, 2.45) is 0 Å². The first kappa shape index (κ1) is 15.4. The number of aliphatic carboxylic acids is 1. The van der Waals surface area contributed by atoms with E-state index in [-0.39, 0.29) is 5.56 Å². The van der Waals surface area contributed by atoms with E-state index in [1.165, 1.54) is 0 Å². The smallest absolute Gasteiger partial charge is 0.329 e. The van der Waals surface area contributed by atoms with Crippen LogP contribution in [0.25, 0.3) is 0 Å². The first-order chi connectivity index (χ1) is 9.93. The van der Waals surface area contributed by atoms with E-state index in [4.69, 9.17) is 0 Å². The van der Waals surface area contributed by atoms with E-state index in [9.17, 15) is 23.5 Å². The molecule has 1 saturated carbocycles. The number of carboxylic acid groups (broad SMARTS) is 1. The third-order valence-electron chi connectivity index (χ3n) is 3.84. The monoisotopic (exact) mass is 297 g/mol. The van der Waals surface area contributed by atoms with Gasteiger partial charge in [0, 0.05) is 11.6 Å². The number of carbonyl (C=O) groups excluding carboxylic acids is 1. The Morgan fingerprint density at radius 1 is 1.00 bits per heavy atom. The lowest BCUT2D eigenvalue weighted by molar-refractivity contribution is -0.145. The van der Waals surface area contributed by atoms with Crippen molar-refractivity contribution >= 4 is 11.9 Å². The molecule has 0 aliphatic heterocycles. The number of nitrogens with one attached hydrogen (secondary N) is 1. The molecule has 0 spiro atoms. The Labute approximate surface area is 121 Å². The van der Waals surface area contributed by atoms with E-state index >= 15 is 0 Å². The summed E-state index contributed by atoms with van der Waals surface area (Å²) in [5, 5.41) is 11.9. The fourth-order valence-corrected chi connectivity index (χ4v) is 2.70. The van der Waals surface area contributed by atoms with Crippen LogP contribution in [-0.2, 0) is 4.79 Å². The van der Waals surface area contributed by atoms with Gasteiger partial charge >= 0.3 is 5.97 Å². The number of benzene rings is 1. The van der Waals surface area contributed by atoms with Crippen LogP contribution in [0.5, 0.6) is 0 Å². The van der Waals surface area contributed by atoms with Gasteiger partial charge in [-0.1, -0.05) is 25.7 Å². The maximum absolute atomic E-state index is 13.1. The molecule has 1 fully saturated rings. The fraction of sp³-hybridized carbons (Fsp3) is 0.467. The second-order valence-electron chi connectivity index (χ2n) is 5.41. The van der Waals surface area contributed by atoms with Crippen molar-refractivity contribution in [3.05, 3.63) is 35.4 Å². The first-order valence-corrected chi connectivity index (χ1v) is 6.95. The molecule has 1 aromatic carbocycles. The van der Waals surface area contributed by atoms with Crippen molar-refractivity contribution in [2.45, 2.75) is 44.1 Å². The van der Waals surface area contributed by atoms with E-state index in [0.717, 1.165) is 25.0 Å². The van der Waals surface area contributed by atoms with Gasteiger partial charge in [0.05, 0.1) is 0 Å². The molecule has 2 N–H and O–H groups in total. The predicted molar refractivity (Wildman–Crippen MR) is 71.9 cm³/mol. The van der Waals surface area contributed by atoms with Gasteiger partial charge in [-0.25, -0.2) is 13.6 Å². The highest BCUT2D eigenvalue weighted by atomic mass is 19.1. The minimum Gasteiger partial charge on any atom is -0.480 e. The van der Waals surface area contributed by atoms with Crippen LogP contribution in [0.1, 0.15) is 48.9 Å². The van der Waals surface area contributed by atoms with Crippen molar-refractivity contribution in [1.82, 2.24) is 5.32 Å². The number of hydrogen-bond donors (Lipinski definition) is 2. The Balaban J connectivity index is 2.23. The average Bonchev–Trinajstić information content (AvgIpc) is 2.64. The molecule has 0 heterocycles. The molecule has 0 radical (unpaired) electrons. The van der Waals surface area contributed by atoms with E-state index in [1.807, 2.05) is 0 Å². The van der Waals surface area contributed by atoms with Gasteiger partial charge in [-0.15, -0.1) is 0 Å². The van der Waals surface area contributed by atoms with Gasteiger partial charge in [0.1, 0.15) is 17.2 Å². The molecule has 0 atom stereocenters. The van der Waals surface area contributed by atoms with E-state index < -0.39 is 29.0 Å². The quantitative estimate of drug-likeness (QED) is 0.843. The number of hydrogen-bond acceptors (Lipinski definition) is 2. The molecule has 0 saturated heterocycles. The Bertz CT molecular complexity index is 532. The van der Waals surface area contributed by atoms with Crippen molar-refractivity contribution in [3.8, 4) is 0 Å². The Kier molecular flexibility index (Phi) is 4.55. The lowest BCUT2D eigenvalue weighted by atomic mass is 9.90. The van der Waals surface area contributed by atoms with Gasteiger partial charge in [0.25, 0.3) is 5.91 Å². The van der Waals surface area contributed by atoms with Crippen LogP contribution in [0.2, 0.25) is 0 Å². The van der Waals surface area contributed by atoms with Crippen molar-refractivity contribution < 1.29 is 23.5 Å². The lowest BCUT2D eigenvalue weighted by Crippen LogP contribution is -2.54. The van der Waals surface area contributed by atoms with Gasteiger partial charge in [-0.3, -0.25) is 4.79 Å². The molecule has 1 aliphatic carbocycles. The van der Waals surface area contributed by atoms with Crippen molar-refractivity contribution in [2.75, 3.05) is 0 Å². The van der Waals surface area contributed by atoms with Crippen LogP contribution < -0.4 is 5.32 Å². The summed E-state index contributed by atoms with van der Waals surface area (Å²) < 4.78 is 26.3. The summed E-state index contributed by atoms with van der Waals surface area (Å²) in [5.74, 6) is -3.61. The van der Waals surface area contributed by atoms with E-state index in [1.54, 1.807) is 0 Å². The zero-order valence-electron chi connectivity index (χ0n) is 11.5. The fourth-order valence-electron chi connectivity index (χ4n) is 2.70. The summed E-state index contributed by atoms with van der Waals surface area (Å²) >= 11 is 0. The zero-order valence-corrected chi connectivity index (χ0v) is 11.5. The molecule has 2 rings (SSSR count). The third-order valence-corrected chi connectivity index (χ3v) is 3.84. The van der Waals surface area contributed by atoms with Crippen molar-refractivity contribution in [3.63, 3.8) is 0 Å². The Morgan fingerprint density at radius 2 is 1.52 bits per heavy atom. The summed E-state index contributed by atoms with van der Waals surface area (Å²) in [6, 6.07) is 2.45.